The summed E-state index contributed by atoms with van der Waals surface area (Å²) in [5, 5.41) is 2.35. The minimum atomic E-state index is -0.777. The predicted octanol–water partition coefficient (Wildman–Crippen LogP) is 0.329. The van der Waals surface area contributed by atoms with E-state index in [-0.39, 0.29) is 18.4 Å². The SMILES string of the molecule is CN(C)C(=O)CN1C(=O)NC(=O)C12CCCCC2. The second kappa shape index (κ2) is 4.59. The van der Waals surface area contributed by atoms with Gasteiger partial charge >= 0.3 is 6.03 Å². The maximum Gasteiger partial charge on any atom is 0.325 e. The molecule has 1 aliphatic carbocycles. The molecule has 0 atom stereocenters. The molecule has 1 saturated heterocycles. The van der Waals surface area contributed by atoms with Crippen molar-refractivity contribution >= 4 is 17.8 Å². The predicted molar refractivity (Wildman–Crippen MR) is 64.8 cm³/mol. The fourth-order valence-corrected chi connectivity index (χ4v) is 2.73. The Morgan fingerprint density at radius 1 is 1.28 bits per heavy atom. The Morgan fingerprint density at radius 3 is 2.44 bits per heavy atom. The molecule has 0 unspecified atom stereocenters. The van der Waals surface area contributed by atoms with Crippen molar-refractivity contribution in [1.82, 2.24) is 15.1 Å². The first kappa shape index (κ1) is 12.9. The standard InChI is InChI=1S/C12H19N3O3/c1-14(2)9(16)8-15-11(18)13-10(17)12(15)6-4-3-5-7-12/h3-8H2,1-2H3,(H,13,17,18). The van der Waals surface area contributed by atoms with Crippen molar-refractivity contribution in [2.75, 3.05) is 20.6 Å². The molecular formula is C12H19N3O3. The van der Waals surface area contributed by atoms with E-state index in [1.165, 1.54) is 9.80 Å². The molecule has 6 heteroatoms. The molecule has 1 aliphatic heterocycles. The Hall–Kier alpha value is -1.59. The monoisotopic (exact) mass is 253 g/mol. The first-order valence-electron chi connectivity index (χ1n) is 6.30. The van der Waals surface area contributed by atoms with Crippen LogP contribution in [0.15, 0.2) is 0 Å². The van der Waals surface area contributed by atoms with Gasteiger partial charge in [-0.05, 0) is 12.8 Å². The zero-order valence-electron chi connectivity index (χ0n) is 10.9. The number of nitrogens with zero attached hydrogens (tertiary/aromatic N) is 2. The van der Waals surface area contributed by atoms with Crippen LogP contribution < -0.4 is 5.32 Å². The molecule has 0 aromatic heterocycles. The molecule has 1 N–H and O–H groups in total. The molecule has 2 fully saturated rings. The molecular weight excluding hydrogens is 234 g/mol. The molecule has 2 aliphatic rings. The van der Waals surface area contributed by atoms with Crippen LogP contribution in [0.3, 0.4) is 0 Å². The summed E-state index contributed by atoms with van der Waals surface area (Å²) in [6, 6.07) is -0.433. The van der Waals surface area contributed by atoms with Gasteiger partial charge in [-0.2, -0.15) is 0 Å². The summed E-state index contributed by atoms with van der Waals surface area (Å²) in [4.78, 5) is 38.5. The van der Waals surface area contributed by atoms with E-state index in [9.17, 15) is 14.4 Å². The number of imide groups is 1. The first-order chi connectivity index (χ1) is 8.47. The first-order valence-corrected chi connectivity index (χ1v) is 6.30. The molecule has 0 aromatic rings. The molecule has 100 valence electrons. The lowest BCUT2D eigenvalue weighted by Gasteiger charge is -2.38. The van der Waals surface area contributed by atoms with E-state index in [1.807, 2.05) is 0 Å². The van der Waals surface area contributed by atoms with Crippen LogP contribution in [0.4, 0.5) is 4.79 Å². The number of amides is 4. The summed E-state index contributed by atoms with van der Waals surface area (Å²) in [7, 11) is 3.29. The van der Waals surface area contributed by atoms with Gasteiger partial charge in [0.05, 0.1) is 0 Å². The number of hydrogen-bond acceptors (Lipinski definition) is 3. The van der Waals surface area contributed by atoms with E-state index >= 15 is 0 Å². The van der Waals surface area contributed by atoms with Crippen LogP contribution in [0.25, 0.3) is 0 Å². The second-order valence-electron chi connectivity index (χ2n) is 5.23. The van der Waals surface area contributed by atoms with E-state index in [0.29, 0.717) is 12.8 Å². The maximum absolute atomic E-state index is 12.0. The lowest BCUT2D eigenvalue weighted by molar-refractivity contribution is -0.133. The van der Waals surface area contributed by atoms with Crippen LogP contribution in [0, 0.1) is 0 Å². The number of likely N-dealkylation sites (N-methyl/N-ethyl adjacent to an activating group) is 1. The number of carbonyl (C=O) groups is 3. The minimum absolute atomic E-state index is 0.0232. The molecule has 0 bridgehead atoms. The summed E-state index contributed by atoms with van der Waals surface area (Å²) in [5.41, 5.74) is -0.777. The molecule has 18 heavy (non-hydrogen) atoms. The van der Waals surface area contributed by atoms with Crippen molar-refractivity contribution in [2.45, 2.75) is 37.6 Å². The van der Waals surface area contributed by atoms with Crippen molar-refractivity contribution in [3.05, 3.63) is 0 Å². The van der Waals surface area contributed by atoms with Crippen molar-refractivity contribution in [3.8, 4) is 0 Å². The zero-order chi connectivity index (χ0) is 13.3. The fraction of sp³-hybridized carbons (Fsp3) is 0.750. The van der Waals surface area contributed by atoms with Crippen LogP contribution in [0.2, 0.25) is 0 Å². The second-order valence-corrected chi connectivity index (χ2v) is 5.23. The highest BCUT2D eigenvalue weighted by Crippen LogP contribution is 2.36. The third-order valence-electron chi connectivity index (χ3n) is 3.88. The minimum Gasteiger partial charge on any atom is -0.347 e. The molecule has 4 amide bonds. The largest absolute Gasteiger partial charge is 0.347 e. The number of rotatable bonds is 2. The van der Waals surface area contributed by atoms with Crippen LogP contribution in [0.1, 0.15) is 32.1 Å². The summed E-state index contributed by atoms with van der Waals surface area (Å²) >= 11 is 0. The van der Waals surface area contributed by atoms with Gasteiger partial charge in [0.25, 0.3) is 5.91 Å². The van der Waals surface area contributed by atoms with E-state index in [0.717, 1.165) is 19.3 Å². The average molecular weight is 253 g/mol. The molecule has 2 rings (SSSR count). The van der Waals surface area contributed by atoms with Gasteiger partial charge in [0, 0.05) is 14.1 Å². The van der Waals surface area contributed by atoms with Crippen LogP contribution in [-0.2, 0) is 9.59 Å². The summed E-state index contributed by atoms with van der Waals surface area (Å²) in [5.74, 6) is -0.399. The van der Waals surface area contributed by atoms with E-state index in [4.69, 9.17) is 0 Å². The highest BCUT2D eigenvalue weighted by molar-refractivity contribution is 6.08. The third-order valence-corrected chi connectivity index (χ3v) is 3.88. The van der Waals surface area contributed by atoms with Gasteiger partial charge < -0.3 is 9.80 Å². The topological polar surface area (TPSA) is 69.7 Å². The lowest BCUT2D eigenvalue weighted by atomic mass is 9.80. The van der Waals surface area contributed by atoms with Gasteiger partial charge in [0.2, 0.25) is 5.91 Å². The summed E-state index contributed by atoms with van der Waals surface area (Å²) in [6.07, 6.45) is 4.25. The normalized spacial score (nSPS) is 22.2. The van der Waals surface area contributed by atoms with Crippen molar-refractivity contribution in [3.63, 3.8) is 0 Å². The number of urea groups is 1. The molecule has 6 nitrogen and oxygen atoms in total. The highest BCUT2D eigenvalue weighted by Gasteiger charge is 2.53. The van der Waals surface area contributed by atoms with Gasteiger partial charge in [-0.3, -0.25) is 14.9 Å². The summed E-state index contributed by atoms with van der Waals surface area (Å²) in [6.45, 7) is -0.0232. The van der Waals surface area contributed by atoms with E-state index in [1.54, 1.807) is 14.1 Å². The summed E-state index contributed by atoms with van der Waals surface area (Å²) < 4.78 is 0. The van der Waals surface area contributed by atoms with Gasteiger partial charge in [-0.1, -0.05) is 19.3 Å². The van der Waals surface area contributed by atoms with Gasteiger partial charge in [-0.15, -0.1) is 0 Å². The van der Waals surface area contributed by atoms with Crippen LogP contribution in [-0.4, -0.2) is 53.8 Å². The Labute approximate surface area is 106 Å². The zero-order valence-corrected chi connectivity index (χ0v) is 10.9. The van der Waals surface area contributed by atoms with Crippen molar-refractivity contribution < 1.29 is 14.4 Å². The number of carbonyl (C=O) groups excluding carboxylic acids is 3. The number of nitrogens with one attached hydrogen (secondary N) is 1. The molecule has 1 spiro atoms. The van der Waals surface area contributed by atoms with Gasteiger partial charge in [-0.25, -0.2) is 4.79 Å². The van der Waals surface area contributed by atoms with Gasteiger partial charge in [0.15, 0.2) is 0 Å². The smallest absolute Gasteiger partial charge is 0.325 e. The third kappa shape index (κ3) is 1.95. The molecule has 0 aromatic carbocycles. The molecule has 1 saturated carbocycles. The Morgan fingerprint density at radius 2 is 1.89 bits per heavy atom. The quantitative estimate of drug-likeness (QED) is 0.721. The Bertz CT molecular complexity index is 386. The highest BCUT2D eigenvalue weighted by atomic mass is 16.2. The van der Waals surface area contributed by atoms with Crippen LogP contribution in [0.5, 0.6) is 0 Å². The average Bonchev–Trinajstić information content (AvgIpc) is 2.55. The lowest BCUT2D eigenvalue weighted by Crippen LogP contribution is -2.53. The van der Waals surface area contributed by atoms with Gasteiger partial charge in [0.1, 0.15) is 12.1 Å². The molecule has 1 heterocycles. The van der Waals surface area contributed by atoms with E-state index < -0.39 is 11.6 Å². The van der Waals surface area contributed by atoms with Crippen molar-refractivity contribution in [2.24, 2.45) is 0 Å². The van der Waals surface area contributed by atoms with Crippen molar-refractivity contribution in [1.29, 1.82) is 0 Å². The maximum atomic E-state index is 12.0. The molecule has 0 radical (unpaired) electrons. The number of hydrogen-bond donors (Lipinski definition) is 1. The van der Waals surface area contributed by atoms with Crippen LogP contribution >= 0.6 is 0 Å². The van der Waals surface area contributed by atoms with E-state index in [2.05, 4.69) is 5.32 Å². The fourth-order valence-electron chi connectivity index (χ4n) is 2.73. The Balaban J connectivity index is 2.22. The Kier molecular flexibility index (Phi) is 3.28.